The fraction of sp³-hybridized carbons (Fsp3) is 0.588. The molecule has 0 amide bonds. The molecule has 1 aromatic rings. The predicted molar refractivity (Wildman–Crippen MR) is 81.0 cm³/mol. The summed E-state index contributed by atoms with van der Waals surface area (Å²) in [6.07, 6.45) is 4.28. The van der Waals surface area contributed by atoms with Gasteiger partial charge in [-0.15, -0.1) is 0 Å². The maximum Gasteiger partial charge on any atom is 0.165 e. The van der Waals surface area contributed by atoms with Crippen LogP contribution < -0.4 is 10.5 Å². The van der Waals surface area contributed by atoms with E-state index in [2.05, 4.69) is 0 Å². The second-order valence-electron chi connectivity index (χ2n) is 6.01. The molecule has 0 spiro atoms. The molecule has 0 unspecified atom stereocenters. The lowest BCUT2D eigenvalue weighted by atomic mass is 9.78. The molecule has 1 aliphatic carbocycles. The highest BCUT2D eigenvalue weighted by molar-refractivity contribution is 5.98. The van der Waals surface area contributed by atoms with Crippen LogP contribution in [-0.2, 0) is 0 Å². The van der Waals surface area contributed by atoms with Crippen molar-refractivity contribution in [1.29, 1.82) is 0 Å². The topological polar surface area (TPSA) is 52.3 Å². The second-order valence-corrected chi connectivity index (χ2v) is 6.01. The Labute approximate surface area is 121 Å². The fourth-order valence-electron chi connectivity index (χ4n) is 2.87. The fourth-order valence-corrected chi connectivity index (χ4v) is 2.87. The molecule has 2 N–H and O–H groups in total. The smallest absolute Gasteiger partial charge is 0.165 e. The molecular weight excluding hydrogens is 250 g/mol. The van der Waals surface area contributed by atoms with Crippen LogP contribution in [0.1, 0.15) is 49.9 Å². The number of hydrogen-bond donors (Lipinski definition) is 1. The Kier molecular flexibility index (Phi) is 5.18. The summed E-state index contributed by atoms with van der Waals surface area (Å²) < 4.78 is 5.60. The molecule has 1 aromatic carbocycles. The van der Waals surface area contributed by atoms with Crippen LogP contribution in [0.4, 0.5) is 0 Å². The van der Waals surface area contributed by atoms with Gasteiger partial charge in [-0.05, 0) is 76.3 Å². The Morgan fingerprint density at radius 1 is 1.20 bits per heavy atom. The van der Waals surface area contributed by atoms with Crippen LogP contribution in [0.5, 0.6) is 5.75 Å². The van der Waals surface area contributed by atoms with Gasteiger partial charge in [0.05, 0.1) is 6.10 Å². The first-order chi connectivity index (χ1) is 9.60. The molecule has 1 saturated carbocycles. The van der Waals surface area contributed by atoms with Crippen molar-refractivity contribution in [3.63, 3.8) is 0 Å². The summed E-state index contributed by atoms with van der Waals surface area (Å²) in [4.78, 5) is 12.5. The maximum atomic E-state index is 12.5. The second kappa shape index (κ2) is 6.89. The van der Waals surface area contributed by atoms with Crippen molar-refractivity contribution in [2.75, 3.05) is 6.54 Å². The molecule has 20 heavy (non-hydrogen) atoms. The van der Waals surface area contributed by atoms with E-state index in [9.17, 15) is 4.79 Å². The molecule has 0 bridgehead atoms. The van der Waals surface area contributed by atoms with E-state index in [-0.39, 0.29) is 17.8 Å². The van der Waals surface area contributed by atoms with Crippen LogP contribution in [0.2, 0.25) is 0 Å². The molecule has 0 saturated heterocycles. The number of ether oxygens (including phenoxy) is 1. The van der Waals surface area contributed by atoms with Crippen LogP contribution in [0.25, 0.3) is 0 Å². The number of ketones is 1. The van der Waals surface area contributed by atoms with E-state index in [1.807, 2.05) is 38.1 Å². The van der Waals surface area contributed by atoms with Crippen molar-refractivity contribution >= 4 is 5.78 Å². The van der Waals surface area contributed by atoms with Gasteiger partial charge in [-0.2, -0.15) is 0 Å². The number of nitrogens with two attached hydrogens (primary N) is 1. The molecule has 0 aromatic heterocycles. The number of carbonyl (C=O) groups is 1. The lowest BCUT2D eigenvalue weighted by Gasteiger charge is -2.26. The Morgan fingerprint density at radius 3 is 2.30 bits per heavy atom. The molecule has 3 nitrogen and oxygen atoms in total. The minimum absolute atomic E-state index is 0.156. The molecule has 0 aliphatic heterocycles. The quantitative estimate of drug-likeness (QED) is 0.838. The monoisotopic (exact) mass is 275 g/mol. The van der Waals surface area contributed by atoms with Crippen molar-refractivity contribution in [2.45, 2.75) is 45.6 Å². The first kappa shape index (κ1) is 15.0. The minimum Gasteiger partial charge on any atom is -0.491 e. The van der Waals surface area contributed by atoms with Crippen LogP contribution in [-0.4, -0.2) is 18.4 Å². The van der Waals surface area contributed by atoms with Gasteiger partial charge in [0.15, 0.2) is 5.78 Å². The predicted octanol–water partition coefficient (Wildman–Crippen LogP) is 3.42. The lowest BCUT2D eigenvalue weighted by Crippen LogP contribution is -2.25. The zero-order chi connectivity index (χ0) is 14.5. The highest BCUT2D eigenvalue weighted by atomic mass is 16.5. The zero-order valence-electron chi connectivity index (χ0n) is 12.5. The molecule has 0 radical (unpaired) electrons. The third kappa shape index (κ3) is 3.83. The third-order valence-corrected chi connectivity index (χ3v) is 4.06. The molecule has 0 heterocycles. The van der Waals surface area contributed by atoms with Crippen molar-refractivity contribution in [3.05, 3.63) is 29.8 Å². The normalized spacial score (nSPS) is 22.8. The summed E-state index contributed by atoms with van der Waals surface area (Å²) in [6, 6.07) is 7.54. The third-order valence-electron chi connectivity index (χ3n) is 4.06. The van der Waals surface area contributed by atoms with Crippen LogP contribution in [0.15, 0.2) is 24.3 Å². The molecule has 1 fully saturated rings. The molecule has 2 rings (SSSR count). The van der Waals surface area contributed by atoms with E-state index in [4.69, 9.17) is 10.5 Å². The average Bonchev–Trinajstić information content (AvgIpc) is 2.47. The van der Waals surface area contributed by atoms with Crippen molar-refractivity contribution in [1.82, 2.24) is 0 Å². The van der Waals surface area contributed by atoms with E-state index in [1.165, 1.54) is 0 Å². The first-order valence-corrected chi connectivity index (χ1v) is 7.61. The van der Waals surface area contributed by atoms with E-state index in [0.717, 1.165) is 43.5 Å². The van der Waals surface area contributed by atoms with Crippen molar-refractivity contribution in [2.24, 2.45) is 17.6 Å². The summed E-state index contributed by atoms with van der Waals surface area (Å²) in [5.41, 5.74) is 6.50. The Hall–Kier alpha value is -1.35. The highest BCUT2D eigenvalue weighted by Crippen LogP contribution is 2.30. The molecule has 1 aliphatic rings. The van der Waals surface area contributed by atoms with Gasteiger partial charge in [0, 0.05) is 11.5 Å². The van der Waals surface area contributed by atoms with E-state index in [1.54, 1.807) is 0 Å². The molecule has 3 heteroatoms. The SMILES string of the molecule is CC(C)Oc1ccc(C(=O)C2CCC(CN)CC2)cc1. The van der Waals surface area contributed by atoms with Gasteiger partial charge in [-0.3, -0.25) is 4.79 Å². The summed E-state index contributed by atoms with van der Waals surface area (Å²) in [6.45, 7) is 4.74. The van der Waals surface area contributed by atoms with E-state index < -0.39 is 0 Å². The number of carbonyl (C=O) groups excluding carboxylic acids is 1. The minimum atomic E-state index is 0.156. The van der Waals surface area contributed by atoms with Gasteiger partial charge >= 0.3 is 0 Å². The van der Waals surface area contributed by atoms with E-state index >= 15 is 0 Å². The Bertz CT molecular complexity index is 431. The average molecular weight is 275 g/mol. The zero-order valence-corrected chi connectivity index (χ0v) is 12.5. The number of Topliss-reactive ketones (excluding diaryl/α,β-unsaturated/α-hetero) is 1. The van der Waals surface area contributed by atoms with Crippen LogP contribution in [0, 0.1) is 11.8 Å². The van der Waals surface area contributed by atoms with Crippen molar-refractivity contribution in [3.8, 4) is 5.75 Å². The standard InChI is InChI=1S/C17H25NO2/c1-12(2)20-16-9-7-15(8-10-16)17(19)14-5-3-13(11-18)4-6-14/h7-10,12-14H,3-6,11,18H2,1-2H3. The maximum absolute atomic E-state index is 12.5. The van der Waals surface area contributed by atoms with Gasteiger partial charge in [0.25, 0.3) is 0 Å². The molecular formula is C17H25NO2. The first-order valence-electron chi connectivity index (χ1n) is 7.61. The summed E-state index contributed by atoms with van der Waals surface area (Å²) in [5.74, 6) is 1.88. The summed E-state index contributed by atoms with van der Waals surface area (Å²) in [7, 11) is 0. The largest absolute Gasteiger partial charge is 0.491 e. The number of rotatable bonds is 5. The van der Waals surface area contributed by atoms with Crippen molar-refractivity contribution < 1.29 is 9.53 Å². The number of hydrogen-bond acceptors (Lipinski definition) is 3. The Morgan fingerprint density at radius 2 is 1.80 bits per heavy atom. The van der Waals surface area contributed by atoms with Gasteiger partial charge in [0.1, 0.15) is 5.75 Å². The van der Waals surface area contributed by atoms with Gasteiger partial charge < -0.3 is 10.5 Å². The number of benzene rings is 1. The van der Waals surface area contributed by atoms with Gasteiger partial charge in [-0.25, -0.2) is 0 Å². The Balaban J connectivity index is 1.95. The summed E-state index contributed by atoms with van der Waals surface area (Å²) >= 11 is 0. The van der Waals surface area contributed by atoms with Gasteiger partial charge in [-0.1, -0.05) is 0 Å². The van der Waals surface area contributed by atoms with Gasteiger partial charge in [0.2, 0.25) is 0 Å². The van der Waals surface area contributed by atoms with Crippen LogP contribution >= 0.6 is 0 Å². The van der Waals surface area contributed by atoms with E-state index in [0.29, 0.717) is 5.92 Å². The highest BCUT2D eigenvalue weighted by Gasteiger charge is 2.26. The summed E-state index contributed by atoms with van der Waals surface area (Å²) in [5, 5.41) is 0. The molecule has 0 atom stereocenters. The lowest BCUT2D eigenvalue weighted by molar-refractivity contribution is 0.0873. The van der Waals surface area contributed by atoms with Crippen LogP contribution in [0.3, 0.4) is 0 Å². The molecule has 110 valence electrons.